The maximum Gasteiger partial charge on any atom is 0.341 e. The second-order valence-corrected chi connectivity index (χ2v) is 6.70. The van der Waals surface area contributed by atoms with Gasteiger partial charge in [0.1, 0.15) is 5.03 Å². The normalized spacial score (nSPS) is 10.3. The first-order chi connectivity index (χ1) is 13.1. The Morgan fingerprint density at radius 2 is 1.63 bits per heavy atom. The number of rotatable bonds is 6. The molecule has 136 valence electrons. The van der Waals surface area contributed by atoms with Crippen LogP contribution >= 0.6 is 11.8 Å². The number of para-hydroxylation sites is 1. The number of hydrogen-bond acceptors (Lipinski definition) is 5. The van der Waals surface area contributed by atoms with E-state index in [1.807, 2.05) is 60.7 Å². The number of carbonyl (C=O) groups excluding carboxylic acids is 2. The number of aromatic nitrogens is 1. The van der Waals surface area contributed by atoms with Crippen molar-refractivity contribution in [2.75, 3.05) is 18.6 Å². The summed E-state index contributed by atoms with van der Waals surface area (Å²) in [5.41, 5.74) is 1.07. The van der Waals surface area contributed by atoms with Crippen molar-refractivity contribution in [2.24, 2.45) is 0 Å². The average Bonchev–Trinajstić information content (AvgIpc) is 2.73. The molecule has 0 aliphatic carbocycles. The summed E-state index contributed by atoms with van der Waals surface area (Å²) in [6.07, 6.45) is 1.62. The van der Waals surface area contributed by atoms with Gasteiger partial charge < -0.3 is 9.64 Å². The van der Waals surface area contributed by atoms with Crippen molar-refractivity contribution < 1.29 is 14.3 Å². The Morgan fingerprint density at radius 3 is 2.33 bits per heavy atom. The SMILES string of the molecule is CN(C(=O)COC(=O)c1cccnc1Sc1ccccc1)c1ccccc1. The van der Waals surface area contributed by atoms with E-state index in [9.17, 15) is 9.59 Å². The van der Waals surface area contributed by atoms with E-state index in [1.165, 1.54) is 16.7 Å². The summed E-state index contributed by atoms with van der Waals surface area (Å²) in [5.74, 6) is -0.882. The van der Waals surface area contributed by atoms with E-state index >= 15 is 0 Å². The number of nitrogens with zero attached hydrogens (tertiary/aromatic N) is 2. The summed E-state index contributed by atoms with van der Waals surface area (Å²) in [4.78, 5) is 31.4. The quantitative estimate of drug-likeness (QED) is 0.606. The smallest absolute Gasteiger partial charge is 0.341 e. The zero-order chi connectivity index (χ0) is 19.1. The van der Waals surface area contributed by atoms with Gasteiger partial charge in [0.15, 0.2) is 6.61 Å². The molecule has 5 nitrogen and oxygen atoms in total. The molecule has 0 atom stereocenters. The number of anilines is 1. The molecule has 0 saturated carbocycles. The van der Waals surface area contributed by atoms with Gasteiger partial charge in [-0.25, -0.2) is 9.78 Å². The molecule has 0 radical (unpaired) electrons. The molecule has 2 aromatic carbocycles. The van der Waals surface area contributed by atoms with Crippen LogP contribution in [0.3, 0.4) is 0 Å². The average molecular weight is 378 g/mol. The van der Waals surface area contributed by atoms with Gasteiger partial charge in [0, 0.05) is 23.8 Å². The van der Waals surface area contributed by atoms with Crippen LogP contribution < -0.4 is 4.90 Å². The Bertz CT molecular complexity index is 917. The van der Waals surface area contributed by atoms with Gasteiger partial charge in [0.2, 0.25) is 0 Å². The summed E-state index contributed by atoms with van der Waals surface area (Å²) in [5, 5.41) is 0.539. The molecule has 3 aromatic rings. The summed E-state index contributed by atoms with van der Waals surface area (Å²) in [6.45, 7) is -0.339. The highest BCUT2D eigenvalue weighted by Gasteiger charge is 2.18. The predicted octanol–water partition coefficient (Wildman–Crippen LogP) is 4.05. The lowest BCUT2D eigenvalue weighted by Gasteiger charge is -2.17. The van der Waals surface area contributed by atoms with Crippen LogP contribution in [0.15, 0.2) is 88.9 Å². The number of ether oxygens (including phenoxy) is 1. The maximum atomic E-state index is 12.5. The Labute approximate surface area is 162 Å². The van der Waals surface area contributed by atoms with Crippen molar-refractivity contribution in [3.8, 4) is 0 Å². The number of hydrogen-bond donors (Lipinski definition) is 0. The highest BCUT2D eigenvalue weighted by Crippen LogP contribution is 2.28. The van der Waals surface area contributed by atoms with Crippen LogP contribution in [0.5, 0.6) is 0 Å². The number of esters is 1. The van der Waals surface area contributed by atoms with Gasteiger partial charge in [0.25, 0.3) is 5.91 Å². The minimum absolute atomic E-state index is 0.310. The lowest BCUT2D eigenvalue weighted by molar-refractivity contribution is -0.121. The summed E-state index contributed by atoms with van der Waals surface area (Å²) in [6, 6.07) is 22.1. The minimum atomic E-state index is -0.573. The second kappa shape index (κ2) is 9.00. The Hall–Kier alpha value is -3.12. The van der Waals surface area contributed by atoms with Crippen LogP contribution in [-0.2, 0) is 9.53 Å². The molecule has 3 rings (SSSR count). The van der Waals surface area contributed by atoms with Crippen molar-refractivity contribution in [3.63, 3.8) is 0 Å². The van der Waals surface area contributed by atoms with E-state index in [0.717, 1.165) is 10.6 Å². The maximum absolute atomic E-state index is 12.5. The van der Waals surface area contributed by atoms with Crippen molar-refractivity contribution in [1.82, 2.24) is 4.98 Å². The molecular formula is C21H18N2O3S. The topological polar surface area (TPSA) is 59.5 Å². The van der Waals surface area contributed by atoms with Crippen LogP contribution in [0, 0.1) is 0 Å². The number of pyridine rings is 1. The molecule has 1 aromatic heterocycles. The van der Waals surface area contributed by atoms with Gasteiger partial charge in [0.05, 0.1) is 5.56 Å². The molecular weight excluding hydrogens is 360 g/mol. The molecule has 0 aliphatic rings. The molecule has 0 bridgehead atoms. The minimum Gasteiger partial charge on any atom is -0.452 e. The van der Waals surface area contributed by atoms with Crippen LogP contribution in [-0.4, -0.2) is 30.5 Å². The van der Waals surface area contributed by atoms with Gasteiger partial charge in [-0.15, -0.1) is 0 Å². The lowest BCUT2D eigenvalue weighted by atomic mass is 10.3. The molecule has 0 unspecified atom stereocenters. The van der Waals surface area contributed by atoms with Gasteiger partial charge in [-0.2, -0.15) is 0 Å². The van der Waals surface area contributed by atoms with Crippen LogP contribution in [0.1, 0.15) is 10.4 Å². The molecule has 6 heteroatoms. The number of likely N-dealkylation sites (N-methyl/N-ethyl adjacent to an activating group) is 1. The molecule has 0 saturated heterocycles. The van der Waals surface area contributed by atoms with Crippen molar-refractivity contribution in [3.05, 3.63) is 84.6 Å². The van der Waals surface area contributed by atoms with Crippen molar-refractivity contribution in [2.45, 2.75) is 9.92 Å². The van der Waals surface area contributed by atoms with Crippen LogP contribution in [0.25, 0.3) is 0 Å². The molecule has 0 aliphatic heterocycles. The van der Waals surface area contributed by atoms with Gasteiger partial charge in [-0.3, -0.25) is 4.79 Å². The number of amides is 1. The molecule has 27 heavy (non-hydrogen) atoms. The third-order valence-corrected chi connectivity index (χ3v) is 4.82. The third-order valence-electron chi connectivity index (χ3n) is 3.79. The first-order valence-corrected chi connectivity index (χ1v) is 9.13. The predicted molar refractivity (Wildman–Crippen MR) is 105 cm³/mol. The van der Waals surface area contributed by atoms with E-state index in [0.29, 0.717) is 10.6 Å². The monoisotopic (exact) mass is 378 g/mol. The fraction of sp³-hybridized carbons (Fsp3) is 0.0952. The van der Waals surface area contributed by atoms with Crippen LogP contribution in [0.2, 0.25) is 0 Å². The van der Waals surface area contributed by atoms with E-state index in [1.54, 1.807) is 25.4 Å². The van der Waals surface area contributed by atoms with E-state index in [-0.39, 0.29) is 12.5 Å². The lowest BCUT2D eigenvalue weighted by Crippen LogP contribution is -2.31. The largest absolute Gasteiger partial charge is 0.452 e. The van der Waals surface area contributed by atoms with E-state index in [2.05, 4.69) is 4.98 Å². The molecule has 1 heterocycles. The summed E-state index contributed by atoms with van der Waals surface area (Å²) >= 11 is 1.37. The molecule has 1 amide bonds. The Morgan fingerprint density at radius 1 is 0.963 bits per heavy atom. The van der Waals surface area contributed by atoms with Gasteiger partial charge in [-0.05, 0) is 36.4 Å². The van der Waals surface area contributed by atoms with Crippen LogP contribution in [0.4, 0.5) is 5.69 Å². The van der Waals surface area contributed by atoms with Gasteiger partial charge >= 0.3 is 5.97 Å². The van der Waals surface area contributed by atoms with Gasteiger partial charge in [-0.1, -0.05) is 48.2 Å². The Kier molecular flexibility index (Phi) is 6.22. The van der Waals surface area contributed by atoms with Crippen molar-refractivity contribution in [1.29, 1.82) is 0 Å². The van der Waals surface area contributed by atoms with E-state index in [4.69, 9.17) is 4.74 Å². The van der Waals surface area contributed by atoms with E-state index < -0.39 is 5.97 Å². The second-order valence-electron chi connectivity index (χ2n) is 5.64. The summed E-state index contributed by atoms with van der Waals surface area (Å²) in [7, 11) is 1.65. The first kappa shape index (κ1) is 18.7. The number of carbonyl (C=O) groups is 2. The number of benzene rings is 2. The fourth-order valence-electron chi connectivity index (χ4n) is 2.33. The first-order valence-electron chi connectivity index (χ1n) is 8.32. The third kappa shape index (κ3) is 4.95. The Balaban J connectivity index is 1.65. The highest BCUT2D eigenvalue weighted by molar-refractivity contribution is 7.99. The molecule has 0 fully saturated rings. The van der Waals surface area contributed by atoms with Crippen molar-refractivity contribution >= 4 is 29.3 Å². The standard InChI is InChI=1S/C21H18N2O3S/c1-23(16-9-4-2-5-10-16)19(24)15-26-21(25)18-13-8-14-22-20(18)27-17-11-6-3-7-12-17/h2-14H,15H2,1H3. The summed E-state index contributed by atoms with van der Waals surface area (Å²) < 4.78 is 5.23. The zero-order valence-corrected chi connectivity index (χ0v) is 15.6. The highest BCUT2D eigenvalue weighted by atomic mass is 32.2. The zero-order valence-electron chi connectivity index (χ0n) is 14.7. The molecule has 0 N–H and O–H groups in total. The molecule has 0 spiro atoms. The fourth-order valence-corrected chi connectivity index (χ4v) is 3.22.